The fourth-order valence-electron chi connectivity index (χ4n) is 2.14. The second-order valence-corrected chi connectivity index (χ2v) is 6.90. The molecule has 0 bridgehead atoms. The number of nitrogens with zero attached hydrogens (tertiary/aromatic N) is 2. The Kier molecular flexibility index (Phi) is 6.73. The Morgan fingerprint density at radius 2 is 2.00 bits per heavy atom. The van der Waals surface area contributed by atoms with Crippen molar-refractivity contribution in [1.82, 2.24) is 0 Å². The maximum atomic E-state index is 10.8. The van der Waals surface area contributed by atoms with Gasteiger partial charge in [-0.2, -0.15) is 5.26 Å². The van der Waals surface area contributed by atoms with Crippen molar-refractivity contribution in [2.45, 2.75) is 13.3 Å². The highest BCUT2D eigenvalue weighted by molar-refractivity contribution is 9.11. The maximum Gasteiger partial charge on any atom is 0.269 e. The van der Waals surface area contributed by atoms with Crippen molar-refractivity contribution in [3.63, 3.8) is 0 Å². The molecule has 128 valence electrons. The molecule has 0 unspecified atom stereocenters. The van der Waals surface area contributed by atoms with Gasteiger partial charge >= 0.3 is 0 Å². The van der Waals surface area contributed by atoms with Crippen molar-refractivity contribution in [3.05, 3.63) is 66.6 Å². The van der Waals surface area contributed by atoms with E-state index in [-0.39, 0.29) is 5.69 Å². The van der Waals surface area contributed by atoms with Crippen LogP contribution in [-0.4, -0.2) is 11.5 Å². The maximum absolute atomic E-state index is 10.8. The molecule has 0 radical (unpaired) electrons. The number of allylic oxidation sites excluding steroid dienone is 1. The van der Waals surface area contributed by atoms with Gasteiger partial charge in [-0.1, -0.05) is 22.9 Å². The van der Waals surface area contributed by atoms with Crippen LogP contribution in [0.25, 0.3) is 11.6 Å². The van der Waals surface area contributed by atoms with Crippen LogP contribution < -0.4 is 4.74 Å². The Bertz CT molecular complexity index is 856. The third-order valence-corrected chi connectivity index (χ3v) is 4.34. The zero-order chi connectivity index (χ0) is 18.4. The molecule has 0 aliphatic carbocycles. The van der Waals surface area contributed by atoms with Gasteiger partial charge in [0.25, 0.3) is 5.69 Å². The fourth-order valence-corrected chi connectivity index (χ4v) is 3.51. The SMILES string of the molecule is CCCOc1c(Br)cc(Br)cc1/C=C(\C#N)c1ccc([N+](=O)[O-])cc1. The molecule has 0 atom stereocenters. The summed E-state index contributed by atoms with van der Waals surface area (Å²) < 4.78 is 7.42. The molecule has 0 saturated carbocycles. The predicted octanol–water partition coefficient (Wildman–Crippen LogP) is 5.97. The van der Waals surface area contributed by atoms with E-state index in [9.17, 15) is 15.4 Å². The van der Waals surface area contributed by atoms with Gasteiger partial charge in [-0.3, -0.25) is 10.1 Å². The van der Waals surface area contributed by atoms with Gasteiger partial charge in [-0.25, -0.2) is 0 Å². The lowest BCUT2D eigenvalue weighted by Gasteiger charge is -2.12. The highest BCUT2D eigenvalue weighted by Gasteiger charge is 2.12. The first-order valence-corrected chi connectivity index (χ1v) is 9.03. The van der Waals surface area contributed by atoms with Gasteiger partial charge in [0.2, 0.25) is 0 Å². The van der Waals surface area contributed by atoms with Crippen LogP contribution in [0.1, 0.15) is 24.5 Å². The molecule has 0 heterocycles. The van der Waals surface area contributed by atoms with Gasteiger partial charge in [0, 0.05) is 22.2 Å². The standard InChI is InChI=1S/C18H14Br2N2O3/c1-2-7-25-18-13(9-15(19)10-17(18)20)8-14(11-21)12-3-5-16(6-4-12)22(23)24/h3-6,8-10H,2,7H2,1H3/b14-8+. The number of nitro benzene ring substituents is 1. The minimum atomic E-state index is -0.471. The van der Waals surface area contributed by atoms with E-state index in [1.54, 1.807) is 18.2 Å². The lowest BCUT2D eigenvalue weighted by atomic mass is 10.0. The number of non-ortho nitro benzene ring substituents is 1. The number of hydrogen-bond donors (Lipinski definition) is 0. The van der Waals surface area contributed by atoms with Crippen LogP contribution in [0, 0.1) is 21.4 Å². The Morgan fingerprint density at radius 3 is 2.56 bits per heavy atom. The summed E-state index contributed by atoms with van der Waals surface area (Å²) in [6.45, 7) is 2.57. The molecule has 0 aliphatic heterocycles. The van der Waals surface area contributed by atoms with E-state index in [2.05, 4.69) is 37.9 Å². The summed E-state index contributed by atoms with van der Waals surface area (Å²) in [6, 6.07) is 11.8. The van der Waals surface area contributed by atoms with Crippen LogP contribution in [-0.2, 0) is 0 Å². The van der Waals surface area contributed by atoms with Gasteiger partial charge in [-0.15, -0.1) is 0 Å². The van der Waals surface area contributed by atoms with Crippen LogP contribution in [0.15, 0.2) is 45.3 Å². The molecule has 0 aliphatic rings. The summed E-state index contributed by atoms with van der Waals surface area (Å²) in [6.07, 6.45) is 2.57. The van der Waals surface area contributed by atoms with Crippen LogP contribution >= 0.6 is 31.9 Å². The molecular weight excluding hydrogens is 452 g/mol. The summed E-state index contributed by atoms with van der Waals surface area (Å²) in [4.78, 5) is 10.3. The van der Waals surface area contributed by atoms with Crippen molar-refractivity contribution in [2.24, 2.45) is 0 Å². The summed E-state index contributed by atoms with van der Waals surface area (Å²) in [5, 5.41) is 20.3. The van der Waals surface area contributed by atoms with Crippen LogP contribution in [0.5, 0.6) is 5.75 Å². The minimum absolute atomic E-state index is 0.0155. The number of halogens is 2. The molecule has 2 aromatic rings. The quantitative estimate of drug-likeness (QED) is 0.228. The molecule has 25 heavy (non-hydrogen) atoms. The smallest absolute Gasteiger partial charge is 0.269 e. The van der Waals surface area contributed by atoms with Gasteiger partial charge in [0.15, 0.2) is 0 Å². The number of hydrogen-bond acceptors (Lipinski definition) is 4. The monoisotopic (exact) mass is 464 g/mol. The number of ether oxygens (including phenoxy) is 1. The highest BCUT2D eigenvalue weighted by Crippen LogP contribution is 2.35. The second kappa shape index (κ2) is 8.79. The molecule has 2 aromatic carbocycles. The first-order chi connectivity index (χ1) is 12.0. The third kappa shape index (κ3) is 4.91. The second-order valence-electron chi connectivity index (χ2n) is 5.13. The predicted molar refractivity (Wildman–Crippen MR) is 104 cm³/mol. The molecule has 0 N–H and O–H groups in total. The third-order valence-electron chi connectivity index (χ3n) is 3.30. The summed E-state index contributed by atoms with van der Waals surface area (Å²) in [5.74, 6) is 0.653. The van der Waals surface area contributed by atoms with Crippen LogP contribution in [0.4, 0.5) is 5.69 Å². The van der Waals surface area contributed by atoms with Crippen molar-refractivity contribution in [1.29, 1.82) is 5.26 Å². The Hall–Kier alpha value is -2.17. The van der Waals surface area contributed by atoms with Crippen molar-refractivity contribution in [2.75, 3.05) is 6.61 Å². The van der Waals surface area contributed by atoms with E-state index < -0.39 is 4.92 Å². The van der Waals surface area contributed by atoms with Crippen molar-refractivity contribution < 1.29 is 9.66 Å². The van der Waals surface area contributed by atoms with Crippen molar-refractivity contribution in [3.8, 4) is 11.8 Å². The number of rotatable bonds is 6. The first kappa shape index (κ1) is 19.2. The van der Waals surface area contributed by atoms with Gasteiger partial charge < -0.3 is 4.74 Å². The fraction of sp³-hybridized carbons (Fsp3) is 0.167. The van der Waals surface area contributed by atoms with E-state index in [0.717, 1.165) is 20.9 Å². The van der Waals surface area contributed by atoms with Crippen molar-refractivity contribution >= 4 is 49.2 Å². The zero-order valence-corrected chi connectivity index (χ0v) is 16.5. The summed E-state index contributed by atoms with van der Waals surface area (Å²) >= 11 is 6.92. The molecule has 0 spiro atoms. The highest BCUT2D eigenvalue weighted by atomic mass is 79.9. The lowest BCUT2D eigenvalue weighted by Crippen LogP contribution is -1.98. The number of nitro groups is 1. The minimum Gasteiger partial charge on any atom is -0.492 e. The molecular formula is C18H14Br2N2O3. The first-order valence-electron chi connectivity index (χ1n) is 7.44. The normalized spacial score (nSPS) is 11.0. The average Bonchev–Trinajstić information content (AvgIpc) is 2.58. The van der Waals surface area contributed by atoms with E-state index in [1.807, 2.05) is 19.1 Å². The molecule has 0 fully saturated rings. The zero-order valence-electron chi connectivity index (χ0n) is 13.3. The Morgan fingerprint density at radius 1 is 1.32 bits per heavy atom. The number of benzene rings is 2. The van der Waals surface area contributed by atoms with E-state index in [0.29, 0.717) is 23.5 Å². The molecule has 5 nitrogen and oxygen atoms in total. The molecule has 0 aromatic heterocycles. The van der Waals surface area contributed by atoms with E-state index in [1.165, 1.54) is 12.1 Å². The van der Waals surface area contributed by atoms with Crippen LogP contribution in [0.2, 0.25) is 0 Å². The summed E-state index contributed by atoms with van der Waals surface area (Å²) in [5.41, 5.74) is 1.72. The van der Waals surface area contributed by atoms with Gasteiger partial charge in [0.05, 0.1) is 27.6 Å². The Labute approximate surface area is 162 Å². The molecule has 0 saturated heterocycles. The van der Waals surface area contributed by atoms with E-state index >= 15 is 0 Å². The molecule has 7 heteroatoms. The topological polar surface area (TPSA) is 76.2 Å². The largest absolute Gasteiger partial charge is 0.492 e. The van der Waals surface area contributed by atoms with Crippen LogP contribution in [0.3, 0.4) is 0 Å². The average molecular weight is 466 g/mol. The van der Waals surface area contributed by atoms with Gasteiger partial charge in [0.1, 0.15) is 5.75 Å². The number of nitriles is 1. The van der Waals surface area contributed by atoms with Gasteiger partial charge in [-0.05, 0) is 58.3 Å². The van der Waals surface area contributed by atoms with E-state index in [4.69, 9.17) is 4.74 Å². The Balaban J connectivity index is 2.48. The molecule has 2 rings (SSSR count). The lowest BCUT2D eigenvalue weighted by molar-refractivity contribution is -0.384. The summed E-state index contributed by atoms with van der Waals surface area (Å²) in [7, 11) is 0. The molecule has 0 amide bonds.